The van der Waals surface area contributed by atoms with Crippen molar-refractivity contribution in [3.63, 3.8) is 0 Å². The summed E-state index contributed by atoms with van der Waals surface area (Å²) in [6, 6.07) is 3.28. The SMILES string of the molecule is CC(C)(C)N(Cc1ccc(C=O)nc1)C(=O)O. The minimum atomic E-state index is -0.975. The van der Waals surface area contributed by atoms with E-state index >= 15 is 0 Å². The first-order chi connectivity index (χ1) is 7.84. The van der Waals surface area contributed by atoms with Gasteiger partial charge in [-0.15, -0.1) is 0 Å². The highest BCUT2D eigenvalue weighted by Crippen LogP contribution is 2.17. The van der Waals surface area contributed by atoms with Gasteiger partial charge in [0.15, 0.2) is 6.29 Å². The molecule has 1 aromatic rings. The lowest BCUT2D eigenvalue weighted by Gasteiger charge is -2.33. The van der Waals surface area contributed by atoms with E-state index in [1.807, 2.05) is 20.8 Å². The molecule has 0 aromatic carbocycles. The molecule has 1 amide bonds. The molecule has 0 saturated carbocycles. The standard InChI is InChI=1S/C12H16N2O3/c1-12(2,3)14(11(16)17)7-9-4-5-10(8-15)13-6-9/h4-6,8H,7H2,1-3H3,(H,16,17). The van der Waals surface area contributed by atoms with Gasteiger partial charge in [0, 0.05) is 11.7 Å². The fourth-order valence-electron chi connectivity index (χ4n) is 1.37. The molecule has 0 saturated heterocycles. The number of pyridine rings is 1. The molecule has 0 fully saturated rings. The first-order valence-electron chi connectivity index (χ1n) is 5.25. The second-order valence-electron chi connectivity index (χ2n) is 4.75. The van der Waals surface area contributed by atoms with Gasteiger partial charge in [0.25, 0.3) is 0 Å². The van der Waals surface area contributed by atoms with Crippen LogP contribution in [0.4, 0.5) is 4.79 Å². The summed E-state index contributed by atoms with van der Waals surface area (Å²) < 4.78 is 0. The van der Waals surface area contributed by atoms with Crippen molar-refractivity contribution < 1.29 is 14.7 Å². The summed E-state index contributed by atoms with van der Waals surface area (Å²) in [6.07, 6.45) is 1.20. The lowest BCUT2D eigenvalue weighted by atomic mass is 10.1. The Morgan fingerprint density at radius 1 is 1.47 bits per heavy atom. The Labute approximate surface area is 100 Å². The number of carboxylic acid groups (broad SMARTS) is 1. The summed E-state index contributed by atoms with van der Waals surface area (Å²) in [5, 5.41) is 9.12. The summed E-state index contributed by atoms with van der Waals surface area (Å²) in [7, 11) is 0. The van der Waals surface area contributed by atoms with Crippen molar-refractivity contribution >= 4 is 12.4 Å². The van der Waals surface area contributed by atoms with Gasteiger partial charge < -0.3 is 5.11 Å². The van der Waals surface area contributed by atoms with Crippen LogP contribution in [0.15, 0.2) is 18.3 Å². The maximum absolute atomic E-state index is 11.1. The maximum atomic E-state index is 11.1. The van der Waals surface area contributed by atoms with E-state index in [1.165, 1.54) is 11.1 Å². The first kappa shape index (κ1) is 13.2. The zero-order valence-electron chi connectivity index (χ0n) is 10.2. The van der Waals surface area contributed by atoms with Gasteiger partial charge in [0.2, 0.25) is 0 Å². The summed E-state index contributed by atoms with van der Waals surface area (Å²) in [6.45, 7) is 5.74. The largest absolute Gasteiger partial charge is 0.465 e. The van der Waals surface area contributed by atoms with Crippen LogP contribution in [-0.2, 0) is 6.54 Å². The van der Waals surface area contributed by atoms with Crippen LogP contribution >= 0.6 is 0 Å². The molecule has 5 heteroatoms. The van der Waals surface area contributed by atoms with E-state index in [0.717, 1.165) is 5.56 Å². The van der Waals surface area contributed by atoms with Crippen LogP contribution in [0.5, 0.6) is 0 Å². The molecule has 1 aromatic heterocycles. The molecule has 1 heterocycles. The quantitative estimate of drug-likeness (QED) is 0.816. The van der Waals surface area contributed by atoms with Crippen molar-refractivity contribution in [3.8, 4) is 0 Å². The number of carbonyl (C=O) groups excluding carboxylic acids is 1. The molecule has 0 aliphatic rings. The van der Waals surface area contributed by atoms with Gasteiger partial charge in [-0.05, 0) is 32.4 Å². The predicted molar refractivity (Wildman–Crippen MR) is 62.9 cm³/mol. The zero-order valence-corrected chi connectivity index (χ0v) is 10.2. The van der Waals surface area contributed by atoms with E-state index in [1.54, 1.807) is 12.1 Å². The second-order valence-corrected chi connectivity index (χ2v) is 4.75. The Bertz CT molecular complexity index is 407. The van der Waals surface area contributed by atoms with Crippen molar-refractivity contribution in [2.75, 3.05) is 0 Å². The maximum Gasteiger partial charge on any atom is 0.408 e. The predicted octanol–water partition coefficient (Wildman–Crippen LogP) is 2.17. The van der Waals surface area contributed by atoms with E-state index in [9.17, 15) is 9.59 Å². The van der Waals surface area contributed by atoms with Crippen LogP contribution in [0, 0.1) is 0 Å². The van der Waals surface area contributed by atoms with Crippen molar-refractivity contribution in [2.45, 2.75) is 32.9 Å². The molecule has 0 spiro atoms. The van der Waals surface area contributed by atoms with Crippen molar-refractivity contribution in [1.82, 2.24) is 9.88 Å². The van der Waals surface area contributed by atoms with Gasteiger partial charge in [0.05, 0.1) is 6.54 Å². The third-order valence-corrected chi connectivity index (χ3v) is 2.35. The lowest BCUT2D eigenvalue weighted by molar-refractivity contribution is 0.0953. The molecule has 5 nitrogen and oxygen atoms in total. The van der Waals surface area contributed by atoms with E-state index in [-0.39, 0.29) is 6.54 Å². The molecular weight excluding hydrogens is 220 g/mol. The molecule has 0 atom stereocenters. The fraction of sp³-hybridized carbons (Fsp3) is 0.417. The molecule has 0 unspecified atom stereocenters. The minimum Gasteiger partial charge on any atom is -0.465 e. The number of rotatable bonds is 3. The smallest absolute Gasteiger partial charge is 0.408 e. The average Bonchev–Trinajstić information content (AvgIpc) is 2.24. The Hall–Kier alpha value is -1.91. The summed E-state index contributed by atoms with van der Waals surface area (Å²) in [4.78, 5) is 26.8. The van der Waals surface area contributed by atoms with Gasteiger partial charge in [-0.1, -0.05) is 6.07 Å². The first-order valence-corrected chi connectivity index (χ1v) is 5.25. The normalized spacial score (nSPS) is 11.0. The van der Waals surface area contributed by atoms with Gasteiger partial charge in [-0.25, -0.2) is 4.79 Å². The van der Waals surface area contributed by atoms with Gasteiger partial charge in [-0.3, -0.25) is 14.7 Å². The highest BCUT2D eigenvalue weighted by molar-refractivity contribution is 5.71. The molecule has 0 bridgehead atoms. The Kier molecular flexibility index (Phi) is 3.83. The Balaban J connectivity index is 2.86. The average molecular weight is 236 g/mol. The lowest BCUT2D eigenvalue weighted by Crippen LogP contribution is -2.44. The molecule has 92 valence electrons. The second kappa shape index (κ2) is 4.95. The third-order valence-electron chi connectivity index (χ3n) is 2.35. The van der Waals surface area contributed by atoms with Crippen molar-refractivity contribution in [2.24, 2.45) is 0 Å². The van der Waals surface area contributed by atoms with Crippen LogP contribution in [0.1, 0.15) is 36.8 Å². The van der Waals surface area contributed by atoms with Crippen LogP contribution in [0.25, 0.3) is 0 Å². The number of carbonyl (C=O) groups is 2. The van der Waals surface area contributed by atoms with Crippen LogP contribution in [0.3, 0.4) is 0 Å². The molecule has 0 aliphatic heterocycles. The van der Waals surface area contributed by atoms with Gasteiger partial charge >= 0.3 is 6.09 Å². The monoisotopic (exact) mass is 236 g/mol. The number of aldehydes is 1. The summed E-state index contributed by atoms with van der Waals surface area (Å²) in [5.41, 5.74) is 0.620. The number of nitrogens with zero attached hydrogens (tertiary/aromatic N) is 2. The van der Waals surface area contributed by atoms with E-state index < -0.39 is 11.6 Å². The Morgan fingerprint density at radius 2 is 2.12 bits per heavy atom. The van der Waals surface area contributed by atoms with Crippen LogP contribution in [0.2, 0.25) is 0 Å². The summed E-state index contributed by atoms with van der Waals surface area (Å²) >= 11 is 0. The van der Waals surface area contributed by atoms with Crippen LogP contribution in [-0.4, -0.2) is 32.9 Å². The minimum absolute atomic E-state index is 0.255. The molecule has 0 radical (unpaired) electrons. The number of aromatic nitrogens is 1. The highest BCUT2D eigenvalue weighted by atomic mass is 16.4. The van der Waals surface area contributed by atoms with Gasteiger partial charge in [-0.2, -0.15) is 0 Å². The molecule has 0 aliphatic carbocycles. The fourth-order valence-corrected chi connectivity index (χ4v) is 1.37. The molecule has 1 N–H and O–H groups in total. The van der Waals surface area contributed by atoms with Crippen molar-refractivity contribution in [1.29, 1.82) is 0 Å². The third kappa shape index (κ3) is 3.55. The van der Waals surface area contributed by atoms with E-state index in [2.05, 4.69) is 4.98 Å². The molecule has 17 heavy (non-hydrogen) atoms. The number of amides is 1. The zero-order chi connectivity index (χ0) is 13.1. The topological polar surface area (TPSA) is 70.5 Å². The van der Waals surface area contributed by atoms with E-state index in [4.69, 9.17) is 5.11 Å². The summed E-state index contributed by atoms with van der Waals surface area (Å²) in [5.74, 6) is 0. The number of hydrogen-bond donors (Lipinski definition) is 1. The Morgan fingerprint density at radius 3 is 2.47 bits per heavy atom. The van der Waals surface area contributed by atoms with Gasteiger partial charge in [0.1, 0.15) is 5.69 Å². The van der Waals surface area contributed by atoms with E-state index in [0.29, 0.717) is 12.0 Å². The molecular formula is C12H16N2O3. The number of hydrogen-bond acceptors (Lipinski definition) is 3. The highest BCUT2D eigenvalue weighted by Gasteiger charge is 2.25. The molecule has 1 rings (SSSR count). The van der Waals surface area contributed by atoms with Crippen LogP contribution < -0.4 is 0 Å². The van der Waals surface area contributed by atoms with Crippen molar-refractivity contribution in [3.05, 3.63) is 29.6 Å².